The van der Waals surface area contributed by atoms with E-state index in [1.165, 1.54) is 16.4 Å². The molecule has 4 rings (SSSR count). The number of rotatable bonds is 6. The Bertz CT molecular complexity index is 1180. The molecule has 3 aromatic carbocycles. The summed E-state index contributed by atoms with van der Waals surface area (Å²) in [5.74, 6) is -0.0901. The van der Waals surface area contributed by atoms with Crippen molar-refractivity contribution < 1.29 is 4.79 Å². The first-order valence-electron chi connectivity index (χ1n) is 10.3. The van der Waals surface area contributed by atoms with Crippen LogP contribution in [-0.2, 0) is 6.54 Å². The highest BCUT2D eigenvalue weighted by Gasteiger charge is 2.11. The number of amides is 1. The highest BCUT2D eigenvalue weighted by Crippen LogP contribution is 2.31. The number of fused-ring (bicyclic) bond motifs is 3. The molecule has 0 aliphatic heterocycles. The molecule has 0 saturated carbocycles. The number of benzene rings is 3. The fourth-order valence-electron chi connectivity index (χ4n) is 3.81. The SMILES string of the molecule is CCCC=Cc1ccc(C(=O)Nc2ccc3c(c2)c2ccccc2n3CC)cc1. The molecular weight excluding hydrogens is 356 g/mol. The van der Waals surface area contributed by atoms with E-state index in [0.29, 0.717) is 5.56 Å². The topological polar surface area (TPSA) is 34.0 Å². The van der Waals surface area contributed by atoms with Gasteiger partial charge in [-0.25, -0.2) is 0 Å². The lowest BCUT2D eigenvalue weighted by Crippen LogP contribution is -2.11. The van der Waals surface area contributed by atoms with E-state index >= 15 is 0 Å². The van der Waals surface area contributed by atoms with Crippen molar-refractivity contribution in [1.29, 1.82) is 0 Å². The van der Waals surface area contributed by atoms with E-state index < -0.39 is 0 Å². The van der Waals surface area contributed by atoms with Crippen LogP contribution in [0.1, 0.15) is 42.6 Å². The molecular formula is C26H26N2O. The molecule has 146 valence electrons. The summed E-state index contributed by atoms with van der Waals surface area (Å²) in [4.78, 5) is 12.7. The van der Waals surface area contributed by atoms with E-state index in [2.05, 4.69) is 72.3 Å². The van der Waals surface area contributed by atoms with Gasteiger partial charge in [-0.2, -0.15) is 0 Å². The van der Waals surface area contributed by atoms with Gasteiger partial charge in [-0.05, 0) is 55.3 Å². The van der Waals surface area contributed by atoms with E-state index in [9.17, 15) is 4.79 Å². The lowest BCUT2D eigenvalue weighted by molar-refractivity contribution is 0.102. The van der Waals surface area contributed by atoms with Gasteiger partial charge in [0.25, 0.3) is 5.91 Å². The van der Waals surface area contributed by atoms with Crippen molar-refractivity contribution >= 4 is 39.5 Å². The first kappa shape index (κ1) is 19.0. The number of hydrogen-bond acceptors (Lipinski definition) is 1. The monoisotopic (exact) mass is 382 g/mol. The smallest absolute Gasteiger partial charge is 0.255 e. The van der Waals surface area contributed by atoms with Crippen LogP contribution in [0.3, 0.4) is 0 Å². The molecule has 1 N–H and O–H groups in total. The fraction of sp³-hybridized carbons (Fsp3) is 0.192. The molecule has 3 nitrogen and oxygen atoms in total. The number of para-hydroxylation sites is 1. The summed E-state index contributed by atoms with van der Waals surface area (Å²) in [6.07, 6.45) is 6.47. The summed E-state index contributed by atoms with van der Waals surface area (Å²) in [6.45, 7) is 5.23. The van der Waals surface area contributed by atoms with Crippen LogP contribution >= 0.6 is 0 Å². The van der Waals surface area contributed by atoms with Crippen LogP contribution < -0.4 is 5.32 Å². The number of anilines is 1. The number of nitrogens with zero attached hydrogens (tertiary/aromatic N) is 1. The minimum atomic E-state index is -0.0901. The lowest BCUT2D eigenvalue weighted by Gasteiger charge is -2.07. The van der Waals surface area contributed by atoms with Gasteiger partial charge in [-0.15, -0.1) is 0 Å². The fourth-order valence-corrected chi connectivity index (χ4v) is 3.81. The van der Waals surface area contributed by atoms with Gasteiger partial charge in [0.1, 0.15) is 0 Å². The molecule has 3 heteroatoms. The summed E-state index contributed by atoms with van der Waals surface area (Å²) in [7, 11) is 0. The van der Waals surface area contributed by atoms with Crippen LogP contribution in [0.15, 0.2) is 72.8 Å². The van der Waals surface area contributed by atoms with Gasteiger partial charge in [0, 0.05) is 39.6 Å². The average Bonchev–Trinajstić information content (AvgIpc) is 3.07. The molecule has 0 spiro atoms. The maximum atomic E-state index is 12.7. The molecule has 1 aromatic heterocycles. The van der Waals surface area contributed by atoms with Gasteiger partial charge in [-0.1, -0.05) is 55.8 Å². The molecule has 1 heterocycles. The maximum Gasteiger partial charge on any atom is 0.255 e. The highest BCUT2D eigenvalue weighted by molar-refractivity contribution is 6.11. The number of carbonyl (C=O) groups is 1. The highest BCUT2D eigenvalue weighted by atomic mass is 16.1. The maximum absolute atomic E-state index is 12.7. The predicted molar refractivity (Wildman–Crippen MR) is 123 cm³/mol. The van der Waals surface area contributed by atoms with Crippen molar-refractivity contribution in [3.63, 3.8) is 0 Å². The summed E-state index contributed by atoms with van der Waals surface area (Å²) in [5.41, 5.74) is 5.00. The summed E-state index contributed by atoms with van der Waals surface area (Å²) >= 11 is 0. The van der Waals surface area contributed by atoms with Crippen molar-refractivity contribution in [3.05, 3.63) is 83.9 Å². The van der Waals surface area contributed by atoms with Crippen LogP contribution in [0.5, 0.6) is 0 Å². The van der Waals surface area contributed by atoms with Crippen molar-refractivity contribution in [2.24, 2.45) is 0 Å². The van der Waals surface area contributed by atoms with Gasteiger partial charge < -0.3 is 9.88 Å². The van der Waals surface area contributed by atoms with Gasteiger partial charge >= 0.3 is 0 Å². The molecule has 4 aromatic rings. The number of hydrogen-bond donors (Lipinski definition) is 1. The van der Waals surface area contributed by atoms with Crippen LogP contribution in [0.25, 0.3) is 27.9 Å². The third kappa shape index (κ3) is 3.81. The molecule has 0 atom stereocenters. The standard InChI is InChI=1S/C26H26N2O/c1-3-5-6-9-19-12-14-20(15-13-19)26(29)27-21-16-17-25-23(18-21)22-10-7-8-11-24(22)28(25)4-2/h6-18H,3-5H2,1-2H3,(H,27,29). The predicted octanol–water partition coefficient (Wildman–Crippen LogP) is 6.88. The molecule has 0 unspecified atom stereocenters. The molecule has 0 radical (unpaired) electrons. The van der Waals surface area contributed by atoms with Gasteiger partial charge in [-0.3, -0.25) is 4.79 Å². The van der Waals surface area contributed by atoms with E-state index in [-0.39, 0.29) is 5.91 Å². The first-order chi connectivity index (χ1) is 14.2. The summed E-state index contributed by atoms with van der Waals surface area (Å²) in [5, 5.41) is 5.42. The lowest BCUT2D eigenvalue weighted by atomic mass is 10.1. The van der Waals surface area contributed by atoms with Gasteiger partial charge in [0.05, 0.1) is 0 Å². The zero-order valence-corrected chi connectivity index (χ0v) is 17.0. The van der Waals surface area contributed by atoms with Crippen LogP contribution in [0.4, 0.5) is 5.69 Å². The quantitative estimate of drug-likeness (QED) is 0.387. The summed E-state index contributed by atoms with van der Waals surface area (Å²) in [6, 6.07) is 22.3. The Morgan fingerprint density at radius 1 is 0.931 bits per heavy atom. The number of unbranched alkanes of at least 4 members (excludes halogenated alkanes) is 1. The molecule has 0 saturated heterocycles. The molecule has 1 amide bonds. The second kappa shape index (κ2) is 8.36. The normalized spacial score (nSPS) is 11.5. The van der Waals surface area contributed by atoms with Crippen molar-refractivity contribution in [2.45, 2.75) is 33.2 Å². The van der Waals surface area contributed by atoms with Crippen molar-refractivity contribution in [3.8, 4) is 0 Å². The zero-order valence-electron chi connectivity index (χ0n) is 17.0. The minimum absolute atomic E-state index is 0.0901. The Hall–Kier alpha value is -3.33. The summed E-state index contributed by atoms with van der Waals surface area (Å²) < 4.78 is 2.31. The number of aryl methyl sites for hydroxylation is 1. The van der Waals surface area contributed by atoms with Crippen molar-refractivity contribution in [2.75, 3.05) is 5.32 Å². The molecule has 0 fully saturated rings. The van der Waals surface area contributed by atoms with E-state index in [4.69, 9.17) is 0 Å². The van der Waals surface area contributed by atoms with Crippen molar-refractivity contribution in [1.82, 2.24) is 4.57 Å². The third-order valence-corrected chi connectivity index (χ3v) is 5.28. The Balaban J connectivity index is 1.59. The van der Waals surface area contributed by atoms with E-state index in [1.807, 2.05) is 30.3 Å². The molecule has 0 bridgehead atoms. The van der Waals surface area contributed by atoms with Gasteiger partial charge in [0.2, 0.25) is 0 Å². The van der Waals surface area contributed by atoms with E-state index in [1.54, 1.807) is 0 Å². The second-order valence-electron chi connectivity index (χ2n) is 7.26. The first-order valence-corrected chi connectivity index (χ1v) is 10.3. The minimum Gasteiger partial charge on any atom is -0.341 e. The molecule has 0 aliphatic rings. The zero-order chi connectivity index (χ0) is 20.2. The van der Waals surface area contributed by atoms with E-state index in [0.717, 1.165) is 36.0 Å². The number of aromatic nitrogens is 1. The van der Waals surface area contributed by atoms with Crippen LogP contribution in [0.2, 0.25) is 0 Å². The Kier molecular flexibility index (Phi) is 5.48. The average molecular weight is 383 g/mol. The van der Waals surface area contributed by atoms with Crippen LogP contribution in [0, 0.1) is 0 Å². The third-order valence-electron chi connectivity index (χ3n) is 5.28. The number of carbonyl (C=O) groups excluding carboxylic acids is 1. The Morgan fingerprint density at radius 2 is 1.69 bits per heavy atom. The Labute approximate surface area is 171 Å². The molecule has 0 aliphatic carbocycles. The molecule has 29 heavy (non-hydrogen) atoms. The Morgan fingerprint density at radius 3 is 2.45 bits per heavy atom. The number of allylic oxidation sites excluding steroid dienone is 1. The van der Waals surface area contributed by atoms with Crippen LogP contribution in [-0.4, -0.2) is 10.5 Å². The largest absolute Gasteiger partial charge is 0.341 e. The number of nitrogens with one attached hydrogen (secondary N) is 1. The van der Waals surface area contributed by atoms with Gasteiger partial charge in [0.15, 0.2) is 0 Å². The second-order valence-corrected chi connectivity index (χ2v) is 7.26.